The van der Waals surface area contributed by atoms with Gasteiger partial charge in [-0.25, -0.2) is 0 Å². The van der Waals surface area contributed by atoms with Crippen molar-refractivity contribution in [3.8, 4) is 0 Å². The molecular formula is C12H17N3. The van der Waals surface area contributed by atoms with Gasteiger partial charge in [0.15, 0.2) is 5.96 Å². The number of aliphatic imine (C=N–C) groups is 1. The molecule has 2 rings (SSSR count). The molecule has 0 bridgehead atoms. The first-order valence-electron chi connectivity index (χ1n) is 5.41. The topological polar surface area (TPSA) is 41.6 Å². The monoisotopic (exact) mass is 203 g/mol. The Balaban J connectivity index is 2.14. The minimum atomic E-state index is 0.485. The summed E-state index contributed by atoms with van der Waals surface area (Å²) in [5, 5.41) is 0. The molecule has 1 heterocycles. The van der Waals surface area contributed by atoms with Crippen LogP contribution in [-0.4, -0.2) is 30.5 Å². The van der Waals surface area contributed by atoms with E-state index in [4.69, 9.17) is 5.73 Å². The molecule has 1 aliphatic rings. The van der Waals surface area contributed by atoms with E-state index in [9.17, 15) is 0 Å². The molecule has 0 aromatic heterocycles. The third kappa shape index (κ3) is 2.12. The molecule has 1 aromatic carbocycles. The van der Waals surface area contributed by atoms with Gasteiger partial charge in [0, 0.05) is 19.0 Å². The Morgan fingerprint density at radius 3 is 2.80 bits per heavy atom. The van der Waals surface area contributed by atoms with Crippen LogP contribution < -0.4 is 5.73 Å². The van der Waals surface area contributed by atoms with Crippen LogP contribution in [0, 0.1) is 0 Å². The maximum Gasteiger partial charge on any atom is 0.191 e. The van der Waals surface area contributed by atoms with Crippen LogP contribution in [0.15, 0.2) is 35.3 Å². The van der Waals surface area contributed by atoms with Gasteiger partial charge in [0.25, 0.3) is 0 Å². The summed E-state index contributed by atoms with van der Waals surface area (Å²) in [6, 6.07) is 10.5. The molecule has 3 nitrogen and oxygen atoms in total. The summed E-state index contributed by atoms with van der Waals surface area (Å²) >= 11 is 0. The number of guanidine groups is 1. The van der Waals surface area contributed by atoms with E-state index in [1.54, 1.807) is 0 Å². The predicted molar refractivity (Wildman–Crippen MR) is 62.9 cm³/mol. The van der Waals surface area contributed by atoms with Crippen molar-refractivity contribution in [3.63, 3.8) is 0 Å². The molecular weight excluding hydrogens is 186 g/mol. The minimum Gasteiger partial charge on any atom is -0.370 e. The summed E-state index contributed by atoms with van der Waals surface area (Å²) in [5.74, 6) is 1.17. The number of hydrogen-bond acceptors (Lipinski definition) is 3. The highest BCUT2D eigenvalue weighted by Gasteiger charge is 2.20. The van der Waals surface area contributed by atoms with E-state index in [0.29, 0.717) is 11.9 Å². The number of hydrogen-bond donors (Lipinski definition) is 1. The van der Waals surface area contributed by atoms with Crippen LogP contribution in [0.5, 0.6) is 0 Å². The van der Waals surface area contributed by atoms with Crippen LogP contribution in [0.3, 0.4) is 0 Å². The lowest BCUT2D eigenvalue weighted by molar-refractivity contribution is 0.378. The largest absolute Gasteiger partial charge is 0.370 e. The maximum absolute atomic E-state index is 5.81. The fourth-order valence-electron chi connectivity index (χ4n) is 1.95. The molecule has 0 aliphatic carbocycles. The molecule has 0 saturated carbocycles. The van der Waals surface area contributed by atoms with Crippen LogP contribution in [0.1, 0.15) is 18.4 Å². The minimum absolute atomic E-state index is 0.485. The second-order valence-corrected chi connectivity index (χ2v) is 3.85. The first-order chi connectivity index (χ1) is 7.31. The van der Waals surface area contributed by atoms with Crippen LogP contribution in [0.25, 0.3) is 0 Å². The van der Waals surface area contributed by atoms with Crippen LogP contribution in [0.2, 0.25) is 0 Å². The Morgan fingerprint density at radius 2 is 2.13 bits per heavy atom. The van der Waals surface area contributed by atoms with Gasteiger partial charge in [0.05, 0.1) is 6.54 Å². The van der Waals surface area contributed by atoms with Gasteiger partial charge in [-0.1, -0.05) is 30.3 Å². The van der Waals surface area contributed by atoms with E-state index in [0.717, 1.165) is 19.6 Å². The maximum atomic E-state index is 5.81. The first-order valence-corrected chi connectivity index (χ1v) is 5.41. The van der Waals surface area contributed by atoms with Crippen LogP contribution in [-0.2, 0) is 0 Å². The summed E-state index contributed by atoms with van der Waals surface area (Å²) in [6.07, 6.45) is 0. The van der Waals surface area contributed by atoms with Gasteiger partial charge in [0.2, 0.25) is 0 Å². The number of likely N-dealkylation sites (N-methyl/N-ethyl adjacent to an activating group) is 1. The molecule has 0 fully saturated rings. The number of rotatable bonds is 2. The number of nitrogens with two attached hydrogens (primary N) is 1. The predicted octanol–water partition coefficient (Wildman–Crippen LogP) is 1.42. The Kier molecular flexibility index (Phi) is 2.90. The molecule has 15 heavy (non-hydrogen) atoms. The quantitative estimate of drug-likeness (QED) is 0.789. The average Bonchev–Trinajstić information content (AvgIpc) is 2.31. The summed E-state index contributed by atoms with van der Waals surface area (Å²) in [7, 11) is 0. The van der Waals surface area contributed by atoms with E-state index < -0.39 is 0 Å². The van der Waals surface area contributed by atoms with E-state index in [2.05, 4.69) is 41.1 Å². The van der Waals surface area contributed by atoms with Crippen LogP contribution >= 0.6 is 0 Å². The molecule has 0 saturated heterocycles. The van der Waals surface area contributed by atoms with Gasteiger partial charge in [-0.15, -0.1) is 0 Å². The fourth-order valence-corrected chi connectivity index (χ4v) is 1.95. The highest BCUT2D eigenvalue weighted by Crippen LogP contribution is 2.20. The normalized spacial score (nSPS) is 21.3. The molecule has 1 aromatic rings. The lowest BCUT2D eigenvalue weighted by Crippen LogP contribution is -2.43. The summed E-state index contributed by atoms with van der Waals surface area (Å²) in [4.78, 5) is 6.49. The zero-order valence-electron chi connectivity index (χ0n) is 9.06. The zero-order valence-corrected chi connectivity index (χ0v) is 9.06. The van der Waals surface area contributed by atoms with Gasteiger partial charge in [-0.3, -0.25) is 4.99 Å². The summed E-state index contributed by atoms with van der Waals surface area (Å²) < 4.78 is 0. The average molecular weight is 203 g/mol. The van der Waals surface area contributed by atoms with E-state index in [1.807, 2.05) is 6.07 Å². The Morgan fingerprint density at radius 1 is 1.40 bits per heavy atom. The fraction of sp³-hybridized carbons (Fsp3) is 0.417. The third-order valence-corrected chi connectivity index (χ3v) is 2.89. The Hall–Kier alpha value is -1.51. The van der Waals surface area contributed by atoms with Crippen molar-refractivity contribution < 1.29 is 0 Å². The molecule has 0 radical (unpaired) electrons. The molecule has 2 N–H and O–H groups in total. The van der Waals surface area contributed by atoms with Crippen molar-refractivity contribution in [1.29, 1.82) is 0 Å². The molecule has 0 spiro atoms. The van der Waals surface area contributed by atoms with E-state index in [1.165, 1.54) is 5.56 Å². The number of nitrogens with zero attached hydrogens (tertiary/aromatic N) is 2. The summed E-state index contributed by atoms with van der Waals surface area (Å²) in [6.45, 7) is 4.83. The lowest BCUT2D eigenvalue weighted by Gasteiger charge is -2.31. The van der Waals surface area contributed by atoms with Gasteiger partial charge in [-0.2, -0.15) is 0 Å². The summed E-state index contributed by atoms with van der Waals surface area (Å²) in [5.41, 5.74) is 7.16. The number of benzene rings is 1. The first kappa shape index (κ1) is 10.0. The van der Waals surface area contributed by atoms with Crippen molar-refractivity contribution in [2.24, 2.45) is 10.7 Å². The van der Waals surface area contributed by atoms with Gasteiger partial charge in [-0.05, 0) is 12.5 Å². The van der Waals surface area contributed by atoms with Crippen molar-refractivity contribution in [1.82, 2.24) is 4.90 Å². The SMILES string of the molecule is CCN1CC(c2ccccc2)CN=C1N. The van der Waals surface area contributed by atoms with Crippen molar-refractivity contribution in [2.45, 2.75) is 12.8 Å². The second-order valence-electron chi connectivity index (χ2n) is 3.85. The molecule has 1 unspecified atom stereocenters. The zero-order chi connectivity index (χ0) is 10.7. The van der Waals surface area contributed by atoms with Crippen molar-refractivity contribution in [2.75, 3.05) is 19.6 Å². The highest BCUT2D eigenvalue weighted by atomic mass is 15.3. The molecule has 3 heteroatoms. The smallest absolute Gasteiger partial charge is 0.191 e. The molecule has 1 aliphatic heterocycles. The molecule has 0 amide bonds. The van der Waals surface area contributed by atoms with Crippen molar-refractivity contribution >= 4 is 5.96 Å². The Bertz CT molecular complexity index is 345. The molecule has 80 valence electrons. The van der Waals surface area contributed by atoms with E-state index >= 15 is 0 Å². The van der Waals surface area contributed by atoms with Crippen molar-refractivity contribution in [3.05, 3.63) is 35.9 Å². The third-order valence-electron chi connectivity index (χ3n) is 2.89. The van der Waals surface area contributed by atoms with Gasteiger partial charge >= 0.3 is 0 Å². The van der Waals surface area contributed by atoms with Crippen LogP contribution in [0.4, 0.5) is 0 Å². The molecule has 1 atom stereocenters. The van der Waals surface area contributed by atoms with Gasteiger partial charge in [0.1, 0.15) is 0 Å². The lowest BCUT2D eigenvalue weighted by atomic mass is 9.98. The van der Waals surface area contributed by atoms with Gasteiger partial charge < -0.3 is 10.6 Å². The second kappa shape index (κ2) is 4.34. The standard InChI is InChI=1S/C12H17N3/c1-2-15-9-11(8-14-12(15)13)10-6-4-3-5-7-10/h3-7,11H,2,8-9H2,1H3,(H2,13,14). The Labute approximate surface area is 90.6 Å². The van der Waals surface area contributed by atoms with E-state index in [-0.39, 0.29) is 0 Å². The highest BCUT2D eigenvalue weighted by molar-refractivity contribution is 5.78.